The zero-order chi connectivity index (χ0) is 25.9. The average Bonchev–Trinajstić information content (AvgIpc) is 3.52. The Balaban J connectivity index is 1.40. The lowest BCUT2D eigenvalue weighted by atomic mass is 9.94. The van der Waals surface area contributed by atoms with Crippen molar-refractivity contribution in [1.82, 2.24) is 20.2 Å². The van der Waals surface area contributed by atoms with E-state index in [1.54, 1.807) is 18.2 Å². The second-order valence-corrected chi connectivity index (χ2v) is 10.8. The van der Waals surface area contributed by atoms with Gasteiger partial charge in [-0.1, -0.05) is 52.9 Å². The van der Waals surface area contributed by atoms with Gasteiger partial charge in [0.15, 0.2) is 0 Å². The Bertz CT molecular complexity index is 1380. The molecule has 11 heteroatoms. The summed E-state index contributed by atoms with van der Waals surface area (Å²) >= 11 is 13.9. The number of carbonyl (C=O) groups excluding carboxylic acids is 1. The van der Waals surface area contributed by atoms with E-state index in [1.807, 2.05) is 18.2 Å². The van der Waals surface area contributed by atoms with Gasteiger partial charge in [-0.15, -0.1) is 5.10 Å². The zero-order valence-electron chi connectivity index (χ0n) is 19.6. The number of aromatic nitrogens is 4. The Kier molecular flexibility index (Phi) is 7.88. The predicted octanol–water partition coefficient (Wildman–Crippen LogP) is 5.11. The fourth-order valence-electron chi connectivity index (χ4n) is 3.22. The van der Waals surface area contributed by atoms with Crippen LogP contribution in [0.15, 0.2) is 41.6 Å². The zero-order valence-corrected chi connectivity index (χ0v) is 21.9. The molecule has 0 bridgehead atoms. The second kappa shape index (κ2) is 10.9. The third kappa shape index (κ3) is 6.58. The minimum absolute atomic E-state index is 0.0461. The van der Waals surface area contributed by atoms with Crippen molar-refractivity contribution in [2.45, 2.75) is 38.3 Å². The maximum absolute atomic E-state index is 12.6. The molecule has 0 radical (unpaired) electrons. The molecule has 0 spiro atoms. The van der Waals surface area contributed by atoms with Gasteiger partial charge >= 0.3 is 5.97 Å². The van der Waals surface area contributed by atoms with E-state index in [0.29, 0.717) is 27.1 Å². The lowest BCUT2D eigenvalue weighted by Crippen LogP contribution is -2.21. The van der Waals surface area contributed by atoms with Crippen molar-refractivity contribution in [2.24, 2.45) is 11.3 Å². The Morgan fingerprint density at radius 3 is 2.67 bits per heavy atom. The van der Waals surface area contributed by atoms with Crippen LogP contribution in [0.1, 0.15) is 37.8 Å². The summed E-state index contributed by atoms with van der Waals surface area (Å²) in [6.45, 7) is 3.04. The molecule has 1 aliphatic carbocycles. The summed E-state index contributed by atoms with van der Waals surface area (Å²) < 4.78 is 1.54. The number of benzene rings is 2. The number of tetrazole rings is 1. The van der Waals surface area contributed by atoms with E-state index in [2.05, 4.69) is 32.7 Å². The molecule has 0 unspecified atom stereocenters. The van der Waals surface area contributed by atoms with E-state index in [4.69, 9.17) is 23.2 Å². The SMILES string of the molecule is CC(C)(C#Cc1ccc(NC(=O)CSc2nnnn2-c2cc(CC3CC3)ccc2Cl)c(Cl)c1)C(=O)O. The third-order valence-corrected chi connectivity index (χ3v) is 7.08. The summed E-state index contributed by atoms with van der Waals surface area (Å²) in [5.74, 6) is 4.98. The number of carboxylic acid groups (broad SMARTS) is 1. The summed E-state index contributed by atoms with van der Waals surface area (Å²) in [6, 6.07) is 10.7. The molecule has 1 heterocycles. The van der Waals surface area contributed by atoms with Gasteiger partial charge in [-0.2, -0.15) is 4.68 Å². The number of rotatable bonds is 8. The van der Waals surface area contributed by atoms with Crippen LogP contribution in [-0.4, -0.2) is 42.9 Å². The standard InChI is InChI=1S/C25H23Cl2N5O3S/c1-25(2,23(34)35)10-9-16-6-8-20(19(27)12-16)28-22(33)14-36-24-29-30-31-32(24)21-13-17(5-7-18(21)26)11-15-3-4-15/h5-8,12-13,15H,3-4,11,14H2,1-2H3,(H,28,33)(H,34,35). The number of amides is 1. The number of nitrogens with one attached hydrogen (secondary N) is 1. The van der Waals surface area contributed by atoms with Crippen LogP contribution in [0.5, 0.6) is 0 Å². The Morgan fingerprint density at radius 2 is 1.97 bits per heavy atom. The van der Waals surface area contributed by atoms with E-state index < -0.39 is 11.4 Å². The number of carbonyl (C=O) groups is 2. The molecule has 1 saturated carbocycles. The number of hydrogen-bond acceptors (Lipinski definition) is 6. The summed E-state index contributed by atoms with van der Waals surface area (Å²) in [5.41, 5.74) is 1.63. The summed E-state index contributed by atoms with van der Waals surface area (Å²) in [5, 5.41) is 25.0. The largest absolute Gasteiger partial charge is 0.480 e. The highest BCUT2D eigenvalue weighted by molar-refractivity contribution is 7.99. The monoisotopic (exact) mass is 543 g/mol. The van der Waals surface area contributed by atoms with Gasteiger partial charge in [0.2, 0.25) is 11.1 Å². The third-order valence-electron chi connectivity index (χ3n) is 5.53. The van der Waals surface area contributed by atoms with Gasteiger partial charge in [0, 0.05) is 5.56 Å². The molecule has 1 aromatic heterocycles. The Hall–Kier alpha value is -3.06. The molecular formula is C25H23Cl2N5O3S. The van der Waals surface area contributed by atoms with Crippen molar-refractivity contribution in [3.63, 3.8) is 0 Å². The lowest BCUT2D eigenvalue weighted by molar-refractivity contribution is -0.143. The highest BCUT2D eigenvalue weighted by Crippen LogP contribution is 2.34. The van der Waals surface area contributed by atoms with E-state index in [9.17, 15) is 14.7 Å². The Labute approximate surface area is 222 Å². The van der Waals surface area contributed by atoms with Gasteiger partial charge in [-0.25, -0.2) is 0 Å². The van der Waals surface area contributed by atoms with Crippen LogP contribution < -0.4 is 5.32 Å². The van der Waals surface area contributed by atoms with Gasteiger partial charge in [0.25, 0.3) is 0 Å². The summed E-state index contributed by atoms with van der Waals surface area (Å²) in [6.07, 6.45) is 3.50. The molecule has 2 aromatic carbocycles. The summed E-state index contributed by atoms with van der Waals surface area (Å²) in [4.78, 5) is 23.8. The van der Waals surface area contributed by atoms with Crippen LogP contribution in [0.25, 0.3) is 5.69 Å². The number of thioether (sulfide) groups is 1. The first-order chi connectivity index (χ1) is 17.1. The first kappa shape index (κ1) is 26.0. The van der Waals surface area contributed by atoms with E-state index in [1.165, 1.54) is 48.7 Å². The maximum Gasteiger partial charge on any atom is 0.321 e. The molecule has 4 rings (SSSR count). The van der Waals surface area contributed by atoms with Crippen molar-refractivity contribution < 1.29 is 14.7 Å². The van der Waals surface area contributed by atoms with Crippen LogP contribution in [-0.2, 0) is 16.0 Å². The van der Waals surface area contributed by atoms with Crippen LogP contribution >= 0.6 is 35.0 Å². The summed E-state index contributed by atoms with van der Waals surface area (Å²) in [7, 11) is 0. The topological polar surface area (TPSA) is 110 Å². The number of nitrogens with zero attached hydrogens (tertiary/aromatic N) is 4. The number of carboxylic acids is 1. The van der Waals surface area contributed by atoms with Crippen LogP contribution in [0, 0.1) is 23.2 Å². The number of aliphatic carboxylic acids is 1. The van der Waals surface area contributed by atoms with E-state index in [-0.39, 0.29) is 16.7 Å². The minimum Gasteiger partial charge on any atom is -0.480 e. The van der Waals surface area contributed by atoms with E-state index in [0.717, 1.165) is 12.3 Å². The highest BCUT2D eigenvalue weighted by Gasteiger charge is 2.24. The van der Waals surface area contributed by atoms with Crippen molar-refractivity contribution in [2.75, 3.05) is 11.1 Å². The lowest BCUT2D eigenvalue weighted by Gasteiger charge is -2.10. The van der Waals surface area contributed by atoms with Crippen molar-refractivity contribution >= 4 is 52.5 Å². The molecular weight excluding hydrogens is 521 g/mol. The van der Waals surface area contributed by atoms with Crippen molar-refractivity contribution in [3.05, 3.63) is 57.6 Å². The Morgan fingerprint density at radius 1 is 1.19 bits per heavy atom. The molecule has 1 amide bonds. The van der Waals surface area contributed by atoms with E-state index >= 15 is 0 Å². The first-order valence-corrected chi connectivity index (χ1v) is 12.9. The quantitative estimate of drug-likeness (QED) is 0.299. The predicted molar refractivity (Wildman–Crippen MR) is 140 cm³/mol. The number of anilines is 1. The molecule has 3 aromatic rings. The molecule has 2 N–H and O–H groups in total. The van der Waals surface area contributed by atoms with Gasteiger partial charge in [-0.05, 0) is 85.3 Å². The fourth-order valence-corrected chi connectivity index (χ4v) is 4.32. The fraction of sp³-hybridized carbons (Fsp3) is 0.320. The highest BCUT2D eigenvalue weighted by atomic mass is 35.5. The number of halogens is 2. The molecule has 8 nitrogen and oxygen atoms in total. The second-order valence-electron chi connectivity index (χ2n) is 9.02. The smallest absolute Gasteiger partial charge is 0.321 e. The van der Waals surface area contributed by atoms with Gasteiger partial charge in [0.05, 0.1) is 27.2 Å². The molecule has 1 aliphatic rings. The molecule has 36 heavy (non-hydrogen) atoms. The average molecular weight is 544 g/mol. The van der Waals surface area contributed by atoms with Crippen LogP contribution in [0.2, 0.25) is 10.0 Å². The van der Waals surface area contributed by atoms with Gasteiger partial charge in [-0.3, -0.25) is 9.59 Å². The molecule has 0 aliphatic heterocycles. The van der Waals surface area contributed by atoms with Crippen LogP contribution in [0.3, 0.4) is 0 Å². The molecule has 0 atom stereocenters. The molecule has 0 saturated heterocycles. The van der Waals surface area contributed by atoms with Gasteiger partial charge < -0.3 is 10.4 Å². The normalized spacial score (nSPS) is 13.1. The maximum atomic E-state index is 12.6. The van der Waals surface area contributed by atoms with Crippen molar-refractivity contribution in [3.8, 4) is 17.5 Å². The van der Waals surface area contributed by atoms with Crippen LogP contribution in [0.4, 0.5) is 5.69 Å². The minimum atomic E-state index is -1.19. The number of hydrogen-bond donors (Lipinski definition) is 2. The molecule has 1 fully saturated rings. The van der Waals surface area contributed by atoms with Gasteiger partial charge in [0.1, 0.15) is 5.41 Å². The molecule has 186 valence electrons. The first-order valence-electron chi connectivity index (χ1n) is 11.2. The van der Waals surface area contributed by atoms with Crippen molar-refractivity contribution in [1.29, 1.82) is 0 Å².